The van der Waals surface area contributed by atoms with Gasteiger partial charge in [-0.15, -0.1) is 0 Å². The van der Waals surface area contributed by atoms with Crippen LogP contribution in [-0.2, 0) is 9.47 Å². The van der Waals surface area contributed by atoms with Gasteiger partial charge in [0.05, 0.1) is 10.0 Å². The minimum Gasteiger partial charge on any atom is -0.505 e. The molecule has 1 aliphatic rings. The van der Waals surface area contributed by atoms with Crippen LogP contribution in [-0.4, -0.2) is 11.4 Å². The molecule has 0 unspecified atom stereocenters. The van der Waals surface area contributed by atoms with Crippen LogP contribution < -0.4 is 0 Å². The molecule has 14 heavy (non-hydrogen) atoms. The molecule has 0 radical (unpaired) electrons. The molecule has 3 nitrogen and oxygen atoms in total. The highest BCUT2D eigenvalue weighted by atomic mass is 35.5. The molecule has 0 atom stereocenters. The van der Waals surface area contributed by atoms with Gasteiger partial charge in [-0.2, -0.15) is 0 Å². The molecule has 1 aromatic rings. The van der Waals surface area contributed by atoms with Gasteiger partial charge < -0.3 is 14.6 Å². The lowest BCUT2D eigenvalue weighted by Gasteiger charge is -2.34. The minimum atomic E-state index is -0.430. The molecule has 1 heterocycles. The number of hydrogen-bond acceptors (Lipinski definition) is 3. The average molecular weight is 235 g/mol. The zero-order valence-electron chi connectivity index (χ0n) is 7.33. The van der Waals surface area contributed by atoms with Crippen molar-refractivity contribution in [3.8, 4) is 5.75 Å². The Balaban J connectivity index is 2.27. The fourth-order valence-electron chi connectivity index (χ4n) is 1.24. The Morgan fingerprint density at radius 1 is 1.21 bits per heavy atom. The van der Waals surface area contributed by atoms with Crippen LogP contribution in [0.1, 0.15) is 18.8 Å². The maximum absolute atomic E-state index is 9.31. The first kappa shape index (κ1) is 10.1. The van der Waals surface area contributed by atoms with E-state index in [2.05, 4.69) is 0 Å². The van der Waals surface area contributed by atoms with Crippen molar-refractivity contribution in [2.45, 2.75) is 19.5 Å². The van der Waals surface area contributed by atoms with Crippen LogP contribution in [0, 0.1) is 0 Å². The van der Waals surface area contributed by atoms with Crippen LogP contribution in [0.3, 0.4) is 0 Å². The van der Waals surface area contributed by atoms with Gasteiger partial charge in [0.1, 0.15) is 0 Å². The van der Waals surface area contributed by atoms with E-state index >= 15 is 0 Å². The maximum Gasteiger partial charge on any atom is 0.189 e. The molecule has 1 N–H and O–H groups in total. The lowest BCUT2D eigenvalue weighted by atomic mass is 10.2. The highest BCUT2D eigenvalue weighted by Crippen LogP contribution is 2.39. The second-order valence-corrected chi connectivity index (χ2v) is 3.82. The standard InChI is InChI=1S/C9H8Cl2O3/c1-4-13-9(14-4)5-2-6(10)8(12)7(11)3-5/h2-4,9,12H,1H3. The molecule has 0 aromatic heterocycles. The normalized spacial score (nSPS) is 25.9. The van der Waals surface area contributed by atoms with Crippen LogP contribution in [0.2, 0.25) is 10.0 Å². The van der Waals surface area contributed by atoms with Crippen LogP contribution in [0.15, 0.2) is 12.1 Å². The van der Waals surface area contributed by atoms with Gasteiger partial charge in [0, 0.05) is 5.56 Å². The van der Waals surface area contributed by atoms with Crippen molar-refractivity contribution >= 4 is 23.2 Å². The van der Waals surface area contributed by atoms with E-state index < -0.39 is 6.29 Å². The Bertz CT molecular complexity index is 338. The van der Waals surface area contributed by atoms with Crippen molar-refractivity contribution in [2.24, 2.45) is 0 Å². The summed E-state index contributed by atoms with van der Waals surface area (Å²) in [5, 5.41) is 9.70. The second-order valence-electron chi connectivity index (χ2n) is 3.00. The fourth-order valence-corrected chi connectivity index (χ4v) is 1.74. The van der Waals surface area contributed by atoms with E-state index in [1.54, 1.807) is 19.1 Å². The van der Waals surface area contributed by atoms with Crippen molar-refractivity contribution in [2.75, 3.05) is 0 Å². The summed E-state index contributed by atoms with van der Waals surface area (Å²) in [5.74, 6) is -0.121. The van der Waals surface area contributed by atoms with Gasteiger partial charge in [-0.25, -0.2) is 0 Å². The second kappa shape index (κ2) is 3.59. The topological polar surface area (TPSA) is 38.7 Å². The highest BCUT2D eigenvalue weighted by molar-refractivity contribution is 6.37. The van der Waals surface area contributed by atoms with E-state index in [-0.39, 0.29) is 22.1 Å². The predicted octanol–water partition coefficient (Wildman–Crippen LogP) is 3.09. The lowest BCUT2D eigenvalue weighted by Crippen LogP contribution is -2.31. The Hall–Kier alpha value is -0.480. The summed E-state index contributed by atoms with van der Waals surface area (Å²) in [4.78, 5) is 0. The van der Waals surface area contributed by atoms with E-state index in [9.17, 15) is 5.11 Å². The van der Waals surface area contributed by atoms with Crippen molar-refractivity contribution in [1.82, 2.24) is 0 Å². The van der Waals surface area contributed by atoms with E-state index in [1.165, 1.54) is 0 Å². The molecule has 1 fully saturated rings. The van der Waals surface area contributed by atoms with E-state index in [0.29, 0.717) is 5.56 Å². The Labute approximate surface area is 91.1 Å². The summed E-state index contributed by atoms with van der Waals surface area (Å²) in [6, 6.07) is 3.14. The molecule has 0 saturated carbocycles. The van der Waals surface area contributed by atoms with Crippen molar-refractivity contribution in [3.05, 3.63) is 27.7 Å². The zero-order valence-corrected chi connectivity index (χ0v) is 8.84. The van der Waals surface area contributed by atoms with Crippen LogP contribution in [0.25, 0.3) is 0 Å². The van der Waals surface area contributed by atoms with Crippen molar-refractivity contribution in [1.29, 1.82) is 0 Å². The van der Waals surface area contributed by atoms with E-state index in [1.807, 2.05) is 0 Å². The van der Waals surface area contributed by atoms with Crippen LogP contribution in [0.4, 0.5) is 0 Å². The molecule has 76 valence electrons. The summed E-state index contributed by atoms with van der Waals surface area (Å²) >= 11 is 11.5. The van der Waals surface area contributed by atoms with Crippen molar-refractivity contribution in [3.63, 3.8) is 0 Å². The highest BCUT2D eigenvalue weighted by Gasteiger charge is 2.29. The van der Waals surface area contributed by atoms with Crippen molar-refractivity contribution < 1.29 is 14.6 Å². The molecule has 0 spiro atoms. The van der Waals surface area contributed by atoms with Crippen LogP contribution >= 0.6 is 23.2 Å². The van der Waals surface area contributed by atoms with Gasteiger partial charge in [-0.05, 0) is 19.1 Å². The van der Waals surface area contributed by atoms with Gasteiger partial charge in [0.25, 0.3) is 0 Å². The molecule has 0 bridgehead atoms. The number of ether oxygens (including phenoxy) is 2. The number of phenols is 1. The largest absolute Gasteiger partial charge is 0.505 e. The monoisotopic (exact) mass is 234 g/mol. The summed E-state index contributed by atoms with van der Waals surface area (Å²) in [7, 11) is 0. The SMILES string of the molecule is CC1OC(c2cc(Cl)c(O)c(Cl)c2)O1. The molecule has 0 aliphatic carbocycles. The molecular formula is C9H8Cl2O3. The maximum atomic E-state index is 9.31. The molecule has 2 rings (SSSR count). The smallest absolute Gasteiger partial charge is 0.189 e. The van der Waals surface area contributed by atoms with E-state index in [0.717, 1.165) is 0 Å². The average Bonchev–Trinajstić information content (AvgIpc) is 2.08. The lowest BCUT2D eigenvalue weighted by molar-refractivity contribution is -0.382. The van der Waals surface area contributed by atoms with Gasteiger partial charge in [0.2, 0.25) is 0 Å². The first-order chi connectivity index (χ1) is 6.58. The number of aromatic hydroxyl groups is 1. The Morgan fingerprint density at radius 2 is 1.71 bits per heavy atom. The quantitative estimate of drug-likeness (QED) is 0.812. The predicted molar refractivity (Wildman–Crippen MR) is 52.5 cm³/mol. The third-order valence-electron chi connectivity index (χ3n) is 1.94. The minimum absolute atomic E-state index is 0.121. The number of benzene rings is 1. The molecule has 5 heteroatoms. The van der Waals surface area contributed by atoms with Gasteiger partial charge in [-0.1, -0.05) is 23.2 Å². The summed E-state index contributed by atoms with van der Waals surface area (Å²) in [6.45, 7) is 1.79. The first-order valence-corrected chi connectivity index (χ1v) is 4.82. The van der Waals surface area contributed by atoms with Gasteiger partial charge >= 0.3 is 0 Å². The van der Waals surface area contributed by atoms with E-state index in [4.69, 9.17) is 32.7 Å². The number of halogens is 2. The fraction of sp³-hybridized carbons (Fsp3) is 0.333. The van der Waals surface area contributed by atoms with Crippen LogP contribution in [0.5, 0.6) is 5.75 Å². The molecule has 1 aliphatic heterocycles. The Morgan fingerprint density at radius 3 is 2.14 bits per heavy atom. The molecular weight excluding hydrogens is 227 g/mol. The summed E-state index contributed by atoms with van der Waals surface area (Å²) in [6.07, 6.45) is -0.632. The number of phenolic OH excluding ortho intramolecular Hbond substituents is 1. The third-order valence-corrected chi connectivity index (χ3v) is 2.52. The molecule has 0 amide bonds. The van der Waals surface area contributed by atoms with Gasteiger partial charge in [0.15, 0.2) is 18.3 Å². The first-order valence-electron chi connectivity index (χ1n) is 4.07. The molecule has 1 aromatic carbocycles. The number of rotatable bonds is 1. The number of hydrogen-bond donors (Lipinski definition) is 1. The summed E-state index contributed by atoms with van der Waals surface area (Å²) in [5.41, 5.74) is 0.705. The zero-order chi connectivity index (χ0) is 10.3. The molecule has 1 saturated heterocycles. The Kier molecular flexibility index (Phi) is 2.58. The summed E-state index contributed by atoms with van der Waals surface area (Å²) < 4.78 is 10.5. The third kappa shape index (κ3) is 1.68. The van der Waals surface area contributed by atoms with Gasteiger partial charge in [-0.3, -0.25) is 0 Å².